The van der Waals surface area contributed by atoms with E-state index in [2.05, 4.69) is 15.5 Å². The smallest absolute Gasteiger partial charge is 0.282 e. The van der Waals surface area contributed by atoms with Gasteiger partial charge in [0.25, 0.3) is 5.69 Å². The SMILES string of the molecule is COc1cc([N+](=O)[O-])c(/C=N/Nc2nccs2)cc1O. The molecule has 1 aromatic carbocycles. The van der Waals surface area contributed by atoms with Crippen molar-refractivity contribution in [1.82, 2.24) is 4.98 Å². The molecule has 0 spiro atoms. The van der Waals surface area contributed by atoms with Gasteiger partial charge in [-0.1, -0.05) is 0 Å². The number of nitro groups is 1. The van der Waals surface area contributed by atoms with Gasteiger partial charge in [-0.05, 0) is 6.07 Å². The van der Waals surface area contributed by atoms with Gasteiger partial charge >= 0.3 is 0 Å². The van der Waals surface area contributed by atoms with Gasteiger partial charge in [-0.25, -0.2) is 4.98 Å². The lowest BCUT2D eigenvalue weighted by molar-refractivity contribution is -0.385. The van der Waals surface area contributed by atoms with Crippen molar-refractivity contribution in [3.8, 4) is 11.5 Å². The predicted octanol–water partition coefficient (Wildman–Crippen LogP) is 2.21. The Labute approximate surface area is 117 Å². The largest absolute Gasteiger partial charge is 0.504 e. The number of phenolic OH excluding ortho intramolecular Hbond substituents is 1. The summed E-state index contributed by atoms with van der Waals surface area (Å²) in [6.45, 7) is 0. The molecular weight excluding hydrogens is 284 g/mol. The third-order valence-electron chi connectivity index (χ3n) is 2.32. The van der Waals surface area contributed by atoms with Crippen LogP contribution in [0.1, 0.15) is 5.56 Å². The number of ether oxygens (including phenoxy) is 1. The van der Waals surface area contributed by atoms with Gasteiger partial charge in [0.2, 0.25) is 5.13 Å². The van der Waals surface area contributed by atoms with Crippen molar-refractivity contribution >= 4 is 28.4 Å². The van der Waals surface area contributed by atoms with Crippen LogP contribution >= 0.6 is 11.3 Å². The van der Waals surface area contributed by atoms with Gasteiger partial charge in [0.1, 0.15) is 0 Å². The Balaban J connectivity index is 2.28. The van der Waals surface area contributed by atoms with E-state index in [9.17, 15) is 15.2 Å². The van der Waals surface area contributed by atoms with Crippen molar-refractivity contribution in [2.45, 2.75) is 0 Å². The molecule has 2 rings (SSSR count). The summed E-state index contributed by atoms with van der Waals surface area (Å²) in [5, 5.41) is 26.8. The van der Waals surface area contributed by atoms with Crippen LogP contribution in [0, 0.1) is 10.1 Å². The van der Waals surface area contributed by atoms with Crippen molar-refractivity contribution in [2.24, 2.45) is 5.10 Å². The van der Waals surface area contributed by atoms with E-state index in [1.165, 1.54) is 30.7 Å². The molecule has 1 heterocycles. The topological polar surface area (TPSA) is 110 Å². The first-order valence-corrected chi connectivity index (χ1v) is 6.23. The molecule has 8 nitrogen and oxygen atoms in total. The molecule has 0 aliphatic rings. The lowest BCUT2D eigenvalue weighted by Gasteiger charge is -2.04. The van der Waals surface area contributed by atoms with Gasteiger partial charge in [-0.2, -0.15) is 5.10 Å². The number of hydrogen-bond donors (Lipinski definition) is 2. The minimum atomic E-state index is -0.577. The van der Waals surface area contributed by atoms with Crippen LogP contribution < -0.4 is 10.2 Å². The van der Waals surface area contributed by atoms with Gasteiger partial charge in [0, 0.05) is 11.6 Å². The normalized spacial score (nSPS) is 10.7. The summed E-state index contributed by atoms with van der Waals surface area (Å²) in [7, 11) is 1.32. The van der Waals surface area contributed by atoms with Gasteiger partial charge < -0.3 is 9.84 Å². The maximum atomic E-state index is 11.0. The number of hydrazone groups is 1. The first-order valence-electron chi connectivity index (χ1n) is 5.35. The number of nitrogens with one attached hydrogen (secondary N) is 1. The number of benzene rings is 1. The second-order valence-electron chi connectivity index (χ2n) is 3.55. The van der Waals surface area contributed by atoms with Crippen LogP contribution in [0.25, 0.3) is 0 Å². The molecule has 0 amide bonds. The summed E-state index contributed by atoms with van der Waals surface area (Å²) in [6.07, 6.45) is 2.84. The van der Waals surface area contributed by atoms with Crippen LogP contribution in [0.4, 0.5) is 10.8 Å². The molecule has 104 valence electrons. The van der Waals surface area contributed by atoms with Gasteiger partial charge in [0.05, 0.1) is 29.9 Å². The zero-order valence-corrected chi connectivity index (χ0v) is 11.1. The fraction of sp³-hybridized carbons (Fsp3) is 0.0909. The summed E-state index contributed by atoms with van der Waals surface area (Å²) in [6, 6.07) is 2.35. The highest BCUT2D eigenvalue weighted by atomic mass is 32.1. The first kappa shape index (κ1) is 13.7. The number of aromatic hydroxyl groups is 1. The molecule has 20 heavy (non-hydrogen) atoms. The minimum absolute atomic E-state index is 0.0294. The van der Waals surface area contributed by atoms with Crippen molar-refractivity contribution in [3.05, 3.63) is 39.4 Å². The Bertz CT molecular complexity index is 642. The minimum Gasteiger partial charge on any atom is -0.504 e. The van der Waals surface area contributed by atoms with Crippen molar-refractivity contribution in [1.29, 1.82) is 0 Å². The van der Waals surface area contributed by atoms with E-state index < -0.39 is 4.92 Å². The number of nitro benzene ring substituents is 1. The third-order valence-corrected chi connectivity index (χ3v) is 3.00. The van der Waals surface area contributed by atoms with Crippen LogP contribution in [0.2, 0.25) is 0 Å². The summed E-state index contributed by atoms with van der Waals surface area (Å²) in [5.41, 5.74) is 2.56. The Kier molecular flexibility index (Phi) is 4.11. The number of nitrogens with zero attached hydrogens (tertiary/aromatic N) is 3. The summed E-state index contributed by atoms with van der Waals surface area (Å²) >= 11 is 1.34. The summed E-state index contributed by atoms with van der Waals surface area (Å²) < 4.78 is 4.83. The molecule has 0 atom stereocenters. The van der Waals surface area contributed by atoms with Gasteiger partial charge in [-0.15, -0.1) is 11.3 Å². The Hall–Kier alpha value is -2.68. The third kappa shape index (κ3) is 3.01. The maximum Gasteiger partial charge on any atom is 0.282 e. The maximum absolute atomic E-state index is 11.0. The van der Waals surface area contributed by atoms with Crippen LogP contribution in [-0.4, -0.2) is 28.3 Å². The number of rotatable bonds is 5. The van der Waals surface area contributed by atoms with Crippen LogP contribution in [-0.2, 0) is 0 Å². The van der Waals surface area contributed by atoms with Crippen LogP contribution in [0.15, 0.2) is 28.8 Å². The number of methoxy groups -OCH3 is 1. The van der Waals surface area contributed by atoms with Crippen LogP contribution in [0.3, 0.4) is 0 Å². The molecule has 0 aliphatic heterocycles. The number of hydrogen-bond acceptors (Lipinski definition) is 8. The Morgan fingerprint density at radius 1 is 1.60 bits per heavy atom. The highest BCUT2D eigenvalue weighted by Crippen LogP contribution is 2.32. The molecule has 0 aliphatic carbocycles. The number of aromatic nitrogens is 1. The number of phenols is 1. The fourth-order valence-electron chi connectivity index (χ4n) is 1.43. The van der Waals surface area contributed by atoms with E-state index in [4.69, 9.17) is 4.74 Å². The fourth-order valence-corrected chi connectivity index (χ4v) is 1.91. The molecule has 0 radical (unpaired) electrons. The quantitative estimate of drug-likeness (QED) is 0.497. The van der Waals surface area contributed by atoms with Crippen molar-refractivity contribution < 1.29 is 14.8 Å². The van der Waals surface area contributed by atoms with Crippen LogP contribution in [0.5, 0.6) is 11.5 Å². The van der Waals surface area contributed by atoms with E-state index in [0.717, 1.165) is 6.07 Å². The predicted molar refractivity (Wildman–Crippen MR) is 74.6 cm³/mol. The van der Waals surface area contributed by atoms with E-state index in [0.29, 0.717) is 5.13 Å². The number of anilines is 1. The molecule has 9 heteroatoms. The van der Waals surface area contributed by atoms with Gasteiger partial charge in [0.15, 0.2) is 11.5 Å². The molecule has 2 N–H and O–H groups in total. The Morgan fingerprint density at radius 3 is 3.00 bits per heavy atom. The van der Waals surface area contributed by atoms with E-state index in [1.54, 1.807) is 11.6 Å². The molecule has 1 aromatic heterocycles. The van der Waals surface area contributed by atoms with E-state index >= 15 is 0 Å². The van der Waals surface area contributed by atoms with Gasteiger partial charge in [-0.3, -0.25) is 15.5 Å². The molecule has 2 aromatic rings. The molecule has 0 bridgehead atoms. The lowest BCUT2D eigenvalue weighted by atomic mass is 10.1. The van der Waals surface area contributed by atoms with Crippen molar-refractivity contribution in [3.63, 3.8) is 0 Å². The highest BCUT2D eigenvalue weighted by molar-refractivity contribution is 7.13. The second-order valence-corrected chi connectivity index (χ2v) is 4.44. The van der Waals surface area contributed by atoms with Crippen molar-refractivity contribution in [2.75, 3.05) is 12.5 Å². The summed E-state index contributed by atoms with van der Waals surface area (Å²) in [5.74, 6) is -0.171. The molecule has 0 fully saturated rings. The molecular formula is C11H10N4O4S. The highest BCUT2D eigenvalue weighted by Gasteiger charge is 2.17. The van der Waals surface area contributed by atoms with E-state index in [-0.39, 0.29) is 22.7 Å². The zero-order chi connectivity index (χ0) is 14.5. The van der Waals surface area contributed by atoms with E-state index in [1.807, 2.05) is 0 Å². The molecule has 0 unspecified atom stereocenters. The average molecular weight is 294 g/mol. The summed E-state index contributed by atoms with van der Waals surface area (Å²) in [4.78, 5) is 14.3. The number of thiazole rings is 1. The second kappa shape index (κ2) is 5.97. The standard InChI is InChI=1S/C11H10N4O4S/c1-19-10-5-8(15(17)18)7(4-9(10)16)6-13-14-11-12-2-3-20-11/h2-6,16H,1H3,(H,12,14)/b13-6+. The molecule has 0 saturated carbocycles. The Morgan fingerprint density at radius 2 is 2.40 bits per heavy atom. The monoisotopic (exact) mass is 294 g/mol. The zero-order valence-electron chi connectivity index (χ0n) is 10.3. The molecule has 0 saturated heterocycles. The lowest BCUT2D eigenvalue weighted by Crippen LogP contribution is -1.98. The first-order chi connectivity index (χ1) is 9.61. The average Bonchev–Trinajstić information content (AvgIpc) is 2.91.